The van der Waals surface area contributed by atoms with E-state index >= 15 is 0 Å². The molecule has 2 atom stereocenters. The van der Waals surface area contributed by atoms with Gasteiger partial charge in [0.15, 0.2) is 0 Å². The molecular weight excluding hydrogens is 314 g/mol. The lowest BCUT2D eigenvalue weighted by Crippen LogP contribution is -2.52. The lowest BCUT2D eigenvalue weighted by Gasteiger charge is -2.49. The van der Waals surface area contributed by atoms with Crippen LogP contribution in [-0.4, -0.2) is 9.80 Å². The van der Waals surface area contributed by atoms with Crippen molar-refractivity contribution in [2.24, 2.45) is 9.78 Å². The van der Waals surface area contributed by atoms with Crippen LogP contribution in [0.15, 0.2) is 57.8 Å². The first kappa shape index (κ1) is 17.4. The van der Waals surface area contributed by atoms with Crippen molar-refractivity contribution in [2.75, 3.05) is 0 Å². The maximum atomic E-state index is 14.3. The van der Waals surface area contributed by atoms with Gasteiger partial charge in [-0.05, 0) is 40.8 Å². The fourth-order valence-corrected chi connectivity index (χ4v) is 7.67. The van der Waals surface area contributed by atoms with E-state index in [0.29, 0.717) is 0 Å². The van der Waals surface area contributed by atoms with Crippen LogP contribution in [0.5, 0.6) is 0 Å². The highest BCUT2D eigenvalue weighted by atomic mass is 32.3. The number of fused-ring (bicyclic) bond motifs is 1. The predicted octanol–water partition coefficient (Wildman–Crippen LogP) is 5.86. The van der Waals surface area contributed by atoms with Crippen LogP contribution in [0.2, 0.25) is 0 Å². The van der Waals surface area contributed by atoms with Gasteiger partial charge in [-0.2, -0.15) is 0 Å². The highest BCUT2D eigenvalue weighted by Gasteiger charge is 2.53. The van der Waals surface area contributed by atoms with Crippen molar-refractivity contribution in [3.63, 3.8) is 0 Å². The van der Waals surface area contributed by atoms with Crippen molar-refractivity contribution in [1.29, 1.82) is 0 Å². The van der Waals surface area contributed by atoms with Gasteiger partial charge in [0.25, 0.3) is 0 Å². The van der Waals surface area contributed by atoms with E-state index in [-0.39, 0.29) is 16.1 Å². The van der Waals surface area contributed by atoms with E-state index in [4.69, 9.17) is 4.36 Å². The van der Waals surface area contributed by atoms with E-state index in [0.717, 1.165) is 10.6 Å². The molecule has 0 saturated heterocycles. The molecule has 24 heavy (non-hydrogen) atoms. The van der Waals surface area contributed by atoms with Crippen molar-refractivity contribution in [2.45, 2.75) is 57.1 Å². The number of aryl methyl sites for hydroxylation is 1. The number of hydrogen-bond donors (Lipinski definition) is 0. The van der Waals surface area contributed by atoms with Crippen LogP contribution in [0.25, 0.3) is 0 Å². The molecule has 128 valence electrons. The monoisotopic (exact) mass is 341 g/mol. The summed E-state index contributed by atoms with van der Waals surface area (Å²) in [6, 6.07) is 16.2. The Labute approximate surface area is 147 Å². The predicted molar refractivity (Wildman–Crippen MR) is 102 cm³/mol. The zero-order chi connectivity index (χ0) is 17.8. The number of rotatable bonds is 1. The zero-order valence-corrected chi connectivity index (χ0v) is 16.3. The molecule has 2 aromatic carbocycles. The van der Waals surface area contributed by atoms with Crippen molar-refractivity contribution in [1.82, 2.24) is 0 Å². The number of hydrogen-bond acceptors (Lipinski definition) is 2. The Bertz CT molecular complexity index is 812. The van der Waals surface area contributed by atoms with Gasteiger partial charge in [-0.1, -0.05) is 70.5 Å². The van der Waals surface area contributed by atoms with Crippen molar-refractivity contribution in [3.05, 3.63) is 59.7 Å². The Morgan fingerprint density at radius 3 is 2.17 bits per heavy atom. The molecule has 0 saturated carbocycles. The number of benzene rings is 2. The van der Waals surface area contributed by atoms with E-state index in [1.165, 1.54) is 11.1 Å². The lowest BCUT2D eigenvalue weighted by molar-refractivity contribution is 0.281. The van der Waals surface area contributed by atoms with E-state index in [1.54, 1.807) is 0 Å². The molecule has 1 heterocycles. The third-order valence-electron chi connectivity index (χ3n) is 4.95. The van der Waals surface area contributed by atoms with Gasteiger partial charge in [0, 0.05) is 10.8 Å². The highest BCUT2D eigenvalue weighted by Crippen LogP contribution is 2.53. The maximum Gasteiger partial charge on any atom is 0.137 e. The topological polar surface area (TPSA) is 35.4 Å². The molecule has 0 aliphatic carbocycles. The average molecular weight is 342 g/mol. The largest absolute Gasteiger partial charge is 0.626 e. The maximum absolute atomic E-state index is 14.3. The summed E-state index contributed by atoms with van der Waals surface area (Å²) in [5.41, 5.74) is 2.87. The molecule has 0 fully saturated rings. The average Bonchev–Trinajstić information content (AvgIpc) is 2.45. The molecule has 0 aromatic heterocycles. The molecule has 0 bridgehead atoms. The minimum Gasteiger partial charge on any atom is -0.626 e. The minimum absolute atomic E-state index is 0.0740. The Balaban J connectivity index is 2.36. The van der Waals surface area contributed by atoms with E-state index in [2.05, 4.69) is 53.7 Å². The van der Waals surface area contributed by atoms with Gasteiger partial charge in [-0.3, -0.25) is 0 Å². The van der Waals surface area contributed by atoms with Crippen LogP contribution in [0.4, 0.5) is 5.69 Å². The summed E-state index contributed by atoms with van der Waals surface area (Å²) in [4.78, 5) is 0.843. The van der Waals surface area contributed by atoms with Crippen LogP contribution >= 0.6 is 0 Å². The van der Waals surface area contributed by atoms with Gasteiger partial charge < -0.3 is 4.55 Å². The summed E-state index contributed by atoms with van der Waals surface area (Å²) in [7, 11) is -2.58. The minimum atomic E-state index is -2.58. The van der Waals surface area contributed by atoms with Gasteiger partial charge in [-0.15, -0.1) is 4.36 Å². The quantitative estimate of drug-likeness (QED) is 0.598. The summed E-state index contributed by atoms with van der Waals surface area (Å²) in [6.07, 6.45) is 0. The van der Waals surface area contributed by atoms with Gasteiger partial charge in [-0.25, -0.2) is 0 Å². The van der Waals surface area contributed by atoms with Gasteiger partial charge in [0.05, 0.1) is 0 Å². The van der Waals surface area contributed by atoms with Crippen LogP contribution in [0, 0.1) is 12.3 Å². The van der Waals surface area contributed by atoms with E-state index in [9.17, 15) is 4.55 Å². The van der Waals surface area contributed by atoms with Crippen LogP contribution < -0.4 is 0 Å². The molecule has 1 aliphatic heterocycles. The normalized spacial score (nSPS) is 25.7. The molecule has 2 nitrogen and oxygen atoms in total. The summed E-state index contributed by atoms with van der Waals surface area (Å²) < 4.78 is 19.2. The van der Waals surface area contributed by atoms with E-state index < -0.39 is 10.1 Å². The molecule has 2 aromatic rings. The zero-order valence-electron chi connectivity index (χ0n) is 15.5. The summed E-state index contributed by atoms with van der Waals surface area (Å²) in [6.45, 7) is 13.0. The third-order valence-corrected chi connectivity index (χ3v) is 8.30. The Morgan fingerprint density at radius 2 is 1.58 bits per heavy atom. The molecule has 0 spiro atoms. The second kappa shape index (κ2) is 5.53. The van der Waals surface area contributed by atoms with Gasteiger partial charge in [0.1, 0.15) is 15.8 Å². The summed E-state index contributed by atoms with van der Waals surface area (Å²) in [5.74, 6) is 0. The smallest absolute Gasteiger partial charge is 0.137 e. The van der Waals surface area contributed by atoms with E-state index in [1.807, 2.05) is 36.4 Å². The number of nitrogens with zero attached hydrogens (tertiary/aromatic N) is 1. The molecule has 0 radical (unpaired) electrons. The third kappa shape index (κ3) is 2.64. The summed E-state index contributed by atoms with van der Waals surface area (Å²) >= 11 is 0. The molecule has 1 aliphatic rings. The molecule has 3 heteroatoms. The molecule has 0 amide bonds. The van der Waals surface area contributed by atoms with Gasteiger partial charge in [0.2, 0.25) is 0 Å². The molecule has 1 unspecified atom stereocenters. The standard InChI is InChI=1S/C21H27NOS/c1-15-11-13-16(14-12-15)24(23)19(20(2,3)4)21(5,6)17-9-7-8-10-18(17)22-24/h7-14,19H,1-6H3/t19-,24?/m0/s1. The molecule has 3 rings (SSSR count). The fourth-order valence-electron chi connectivity index (χ4n) is 4.32. The van der Waals surface area contributed by atoms with Crippen molar-refractivity contribution < 1.29 is 4.55 Å². The van der Waals surface area contributed by atoms with Crippen LogP contribution in [-0.2, 0) is 15.5 Å². The van der Waals surface area contributed by atoms with Gasteiger partial charge >= 0.3 is 0 Å². The Kier molecular flexibility index (Phi) is 4.01. The van der Waals surface area contributed by atoms with Crippen LogP contribution in [0.1, 0.15) is 45.7 Å². The highest BCUT2D eigenvalue weighted by molar-refractivity contribution is 8.00. The summed E-state index contributed by atoms with van der Waals surface area (Å²) in [5, 5.41) is -0.0740. The Hall–Kier alpha value is -1.45. The fraction of sp³-hybridized carbons (Fsp3) is 0.429. The SMILES string of the molecule is Cc1ccc([S+]2([O-])=Nc3ccccc3C(C)(C)[C@@H]2C(C)(C)C)cc1. The molecule has 0 N–H and O–H groups in total. The second-order valence-corrected chi connectivity index (χ2v) is 10.7. The van der Waals surface area contributed by atoms with Crippen molar-refractivity contribution in [3.8, 4) is 0 Å². The first-order valence-electron chi connectivity index (χ1n) is 8.49. The molecular formula is C21H27NOS. The van der Waals surface area contributed by atoms with Crippen LogP contribution in [0.3, 0.4) is 0 Å². The van der Waals surface area contributed by atoms with Crippen molar-refractivity contribution >= 4 is 15.8 Å². The Morgan fingerprint density at radius 1 is 1.00 bits per heavy atom. The second-order valence-electron chi connectivity index (χ2n) is 8.46. The lowest BCUT2D eigenvalue weighted by atomic mass is 9.71. The first-order chi connectivity index (χ1) is 11.1. The first-order valence-corrected chi connectivity index (χ1v) is 10.1.